The van der Waals surface area contributed by atoms with Gasteiger partial charge in [-0.05, 0) is 48.9 Å². The van der Waals surface area contributed by atoms with Gasteiger partial charge in [-0.3, -0.25) is 4.90 Å². The Hall–Kier alpha value is -1.40. The Kier molecular flexibility index (Phi) is 4.82. The summed E-state index contributed by atoms with van der Waals surface area (Å²) in [5.74, 6) is 0. The van der Waals surface area contributed by atoms with Crippen molar-refractivity contribution in [3.8, 4) is 0 Å². The Morgan fingerprint density at radius 3 is 2.35 bits per heavy atom. The normalized spacial score (nSPS) is 24.5. The van der Waals surface area contributed by atoms with E-state index in [9.17, 15) is 8.42 Å². The molecule has 1 aliphatic carbocycles. The van der Waals surface area contributed by atoms with E-state index < -0.39 is 15.1 Å². The van der Waals surface area contributed by atoms with E-state index in [2.05, 4.69) is 16.8 Å². The van der Waals surface area contributed by atoms with Crippen LogP contribution in [0.3, 0.4) is 0 Å². The molecule has 0 bridgehead atoms. The average Bonchev–Trinajstić information content (AvgIpc) is 3.02. The van der Waals surface area contributed by atoms with Gasteiger partial charge < -0.3 is 4.90 Å². The van der Waals surface area contributed by atoms with Crippen LogP contribution in [-0.4, -0.2) is 51.4 Å². The zero-order chi connectivity index (χ0) is 18.3. The number of sulfone groups is 1. The zero-order valence-electron chi connectivity index (χ0n) is 14.8. The maximum absolute atomic E-state index is 13.3. The molecule has 2 atom stereocenters. The molecule has 2 aliphatic rings. The largest absolute Gasteiger partial charge is 0.304 e. The lowest BCUT2D eigenvalue weighted by atomic mass is 10.1. The molecule has 1 heterocycles. The van der Waals surface area contributed by atoms with Crippen LogP contribution in [0.25, 0.3) is 0 Å². The van der Waals surface area contributed by atoms with E-state index in [0.29, 0.717) is 16.3 Å². The van der Waals surface area contributed by atoms with Crippen LogP contribution < -0.4 is 0 Å². The molecule has 2 unspecified atom stereocenters. The van der Waals surface area contributed by atoms with Crippen LogP contribution >= 0.6 is 11.6 Å². The molecule has 2 aromatic carbocycles. The Morgan fingerprint density at radius 1 is 0.962 bits per heavy atom. The molecule has 26 heavy (non-hydrogen) atoms. The van der Waals surface area contributed by atoms with Gasteiger partial charge in [-0.15, -0.1) is 0 Å². The van der Waals surface area contributed by atoms with Gasteiger partial charge in [-0.2, -0.15) is 0 Å². The summed E-state index contributed by atoms with van der Waals surface area (Å²) >= 11 is 6.25. The molecular weight excluding hydrogens is 368 g/mol. The van der Waals surface area contributed by atoms with Gasteiger partial charge in [0.1, 0.15) is 0 Å². The highest BCUT2D eigenvalue weighted by molar-refractivity contribution is 7.91. The van der Waals surface area contributed by atoms with E-state index in [1.807, 2.05) is 18.2 Å². The number of piperazine rings is 1. The van der Waals surface area contributed by atoms with Gasteiger partial charge in [0.25, 0.3) is 0 Å². The van der Waals surface area contributed by atoms with Crippen LogP contribution in [0.4, 0.5) is 0 Å². The van der Waals surface area contributed by atoms with Gasteiger partial charge in [0.05, 0.1) is 10.1 Å². The summed E-state index contributed by atoms with van der Waals surface area (Å²) in [6.45, 7) is 3.90. The number of nitrogens with zero attached hydrogens (tertiary/aromatic N) is 2. The third kappa shape index (κ3) is 3.18. The van der Waals surface area contributed by atoms with Crippen LogP contribution in [0.5, 0.6) is 0 Å². The van der Waals surface area contributed by atoms with Crippen molar-refractivity contribution in [2.75, 3.05) is 33.2 Å². The fourth-order valence-electron chi connectivity index (χ4n) is 4.13. The van der Waals surface area contributed by atoms with Gasteiger partial charge in [-0.1, -0.05) is 35.9 Å². The molecule has 1 aliphatic heterocycles. The van der Waals surface area contributed by atoms with Crippen molar-refractivity contribution >= 4 is 21.4 Å². The number of halogens is 1. The minimum Gasteiger partial charge on any atom is -0.304 e. The van der Waals surface area contributed by atoms with Gasteiger partial charge in [0.15, 0.2) is 9.84 Å². The topological polar surface area (TPSA) is 40.6 Å². The van der Waals surface area contributed by atoms with E-state index in [4.69, 9.17) is 11.6 Å². The first-order valence-corrected chi connectivity index (χ1v) is 10.9. The highest BCUT2D eigenvalue weighted by Crippen LogP contribution is 2.48. The van der Waals surface area contributed by atoms with E-state index >= 15 is 0 Å². The first-order chi connectivity index (χ1) is 12.5. The van der Waals surface area contributed by atoms with E-state index in [0.717, 1.165) is 37.3 Å². The highest BCUT2D eigenvalue weighted by atomic mass is 35.5. The van der Waals surface area contributed by atoms with Gasteiger partial charge in [0, 0.05) is 37.2 Å². The number of benzene rings is 2. The molecular formula is C20H23ClN2O2S. The highest BCUT2D eigenvalue weighted by Gasteiger charge is 2.42. The van der Waals surface area contributed by atoms with Crippen molar-refractivity contribution in [2.24, 2.45) is 0 Å². The van der Waals surface area contributed by atoms with Crippen molar-refractivity contribution < 1.29 is 8.42 Å². The van der Waals surface area contributed by atoms with Gasteiger partial charge >= 0.3 is 0 Å². The molecule has 0 saturated carbocycles. The quantitative estimate of drug-likeness (QED) is 0.803. The third-order valence-electron chi connectivity index (χ3n) is 5.62. The van der Waals surface area contributed by atoms with E-state index in [1.165, 1.54) is 0 Å². The van der Waals surface area contributed by atoms with Crippen LogP contribution in [0.15, 0.2) is 53.4 Å². The first-order valence-electron chi connectivity index (χ1n) is 8.98. The fraction of sp³-hybridized carbons (Fsp3) is 0.400. The average molecular weight is 391 g/mol. The number of fused-ring (bicyclic) bond motifs is 1. The van der Waals surface area contributed by atoms with Crippen molar-refractivity contribution in [2.45, 2.75) is 22.6 Å². The summed E-state index contributed by atoms with van der Waals surface area (Å²) < 4.78 is 26.6. The molecule has 0 amide bonds. The second-order valence-electron chi connectivity index (χ2n) is 7.21. The monoisotopic (exact) mass is 390 g/mol. The summed E-state index contributed by atoms with van der Waals surface area (Å²) in [5.41, 5.74) is 1.98. The lowest BCUT2D eigenvalue weighted by Crippen LogP contribution is -2.45. The standard InChI is InChI=1S/C20H23ClN2O2S/c1-22-9-11-23(12-10-22)19-14-20(17-8-7-15(21)13-18(17)19)26(24,25)16-5-3-2-4-6-16/h2-8,13,19-20H,9-12,14H2,1H3. The van der Waals surface area contributed by atoms with Gasteiger partial charge in [-0.25, -0.2) is 8.42 Å². The molecule has 2 aromatic rings. The summed E-state index contributed by atoms with van der Waals surface area (Å²) in [7, 11) is -1.30. The Labute approximate surface area is 160 Å². The lowest BCUT2D eigenvalue weighted by Gasteiger charge is -2.37. The predicted molar refractivity (Wildman–Crippen MR) is 104 cm³/mol. The summed E-state index contributed by atoms with van der Waals surface area (Å²) in [6.07, 6.45) is 0.594. The Morgan fingerprint density at radius 2 is 1.65 bits per heavy atom. The van der Waals surface area contributed by atoms with Gasteiger partial charge in [0.2, 0.25) is 0 Å². The molecule has 0 N–H and O–H groups in total. The van der Waals surface area contributed by atoms with Crippen LogP contribution in [0.2, 0.25) is 5.02 Å². The number of hydrogen-bond donors (Lipinski definition) is 0. The molecule has 6 heteroatoms. The molecule has 1 saturated heterocycles. The van der Waals surface area contributed by atoms with Crippen molar-refractivity contribution in [3.05, 3.63) is 64.7 Å². The first kappa shape index (κ1) is 18.0. The number of rotatable bonds is 3. The minimum atomic E-state index is -3.43. The second kappa shape index (κ2) is 6.97. The molecule has 4 nitrogen and oxygen atoms in total. The molecule has 1 fully saturated rings. The molecule has 0 spiro atoms. The molecule has 0 radical (unpaired) electrons. The lowest BCUT2D eigenvalue weighted by molar-refractivity contribution is 0.111. The Balaban J connectivity index is 1.73. The minimum absolute atomic E-state index is 0.112. The number of likely N-dealkylation sites (N-methyl/N-ethyl adjacent to an activating group) is 1. The molecule has 138 valence electrons. The molecule has 0 aromatic heterocycles. The fourth-order valence-corrected chi connectivity index (χ4v) is 6.16. The summed E-state index contributed by atoms with van der Waals surface area (Å²) in [4.78, 5) is 5.11. The smallest absolute Gasteiger partial charge is 0.185 e. The summed E-state index contributed by atoms with van der Waals surface area (Å²) in [6, 6.07) is 14.6. The zero-order valence-corrected chi connectivity index (χ0v) is 16.4. The molecule has 4 rings (SSSR count). The second-order valence-corrected chi connectivity index (χ2v) is 9.78. The van der Waals surface area contributed by atoms with Crippen molar-refractivity contribution in [3.63, 3.8) is 0 Å². The van der Waals surface area contributed by atoms with E-state index in [-0.39, 0.29) is 6.04 Å². The maximum Gasteiger partial charge on any atom is 0.185 e. The van der Waals surface area contributed by atoms with Crippen LogP contribution in [0.1, 0.15) is 28.8 Å². The van der Waals surface area contributed by atoms with Crippen LogP contribution in [0, 0.1) is 0 Å². The van der Waals surface area contributed by atoms with Crippen LogP contribution in [-0.2, 0) is 9.84 Å². The maximum atomic E-state index is 13.3. The number of hydrogen-bond acceptors (Lipinski definition) is 4. The van der Waals surface area contributed by atoms with Crippen molar-refractivity contribution in [1.29, 1.82) is 0 Å². The third-order valence-corrected chi connectivity index (χ3v) is 7.98. The Bertz CT molecular complexity index is 893. The summed E-state index contributed by atoms with van der Waals surface area (Å²) in [5, 5.41) is 0.155. The van der Waals surface area contributed by atoms with E-state index in [1.54, 1.807) is 30.3 Å². The SMILES string of the molecule is CN1CCN(C2CC(S(=O)(=O)c3ccccc3)c3ccc(Cl)cc32)CC1. The van der Waals surface area contributed by atoms with Crippen molar-refractivity contribution in [1.82, 2.24) is 9.80 Å². The predicted octanol–water partition coefficient (Wildman–Crippen LogP) is 3.55.